The highest BCUT2D eigenvalue weighted by molar-refractivity contribution is 5.94. The Morgan fingerprint density at radius 3 is 2.67 bits per heavy atom. The molecule has 0 fully saturated rings. The third-order valence-electron chi connectivity index (χ3n) is 2.58. The van der Waals surface area contributed by atoms with E-state index in [1.807, 2.05) is 6.92 Å². The zero-order valence-corrected chi connectivity index (χ0v) is 10.4. The fraction of sp³-hybridized carbons (Fsp3) is 0.545. The molecule has 1 atom stereocenters. The number of carboxylic acid groups (broad SMARTS) is 1. The average Bonchev–Trinajstić information content (AvgIpc) is 2.64. The number of carboxylic acids is 1. The lowest BCUT2D eigenvalue weighted by Gasteiger charge is -2.13. The van der Waals surface area contributed by atoms with E-state index in [-0.39, 0.29) is 11.3 Å². The fourth-order valence-corrected chi connectivity index (χ4v) is 1.51. The van der Waals surface area contributed by atoms with Crippen molar-refractivity contribution in [3.05, 3.63) is 22.1 Å². The molecule has 1 aromatic rings. The highest BCUT2D eigenvalue weighted by atomic mass is 16.4. The summed E-state index contributed by atoms with van der Waals surface area (Å²) >= 11 is 0. The number of aromatic nitrogens is 2. The Bertz CT molecular complexity index is 489. The van der Waals surface area contributed by atoms with E-state index in [1.165, 1.54) is 7.05 Å². The lowest BCUT2D eigenvalue weighted by Crippen LogP contribution is -2.40. The van der Waals surface area contributed by atoms with Crippen LogP contribution in [0, 0.1) is 0 Å². The Balaban J connectivity index is 2.72. The second-order valence-electron chi connectivity index (χ2n) is 4.07. The Morgan fingerprint density at radius 2 is 2.22 bits per heavy atom. The largest absolute Gasteiger partial charge is 0.480 e. The number of nitrogens with zero attached hydrogens (tertiary/aromatic N) is 1. The first kappa shape index (κ1) is 14.0. The van der Waals surface area contributed by atoms with Crippen molar-refractivity contribution in [2.24, 2.45) is 7.05 Å². The molecule has 7 heteroatoms. The molecule has 7 nitrogen and oxygen atoms in total. The first-order valence-electron chi connectivity index (χ1n) is 5.75. The predicted octanol–water partition coefficient (Wildman–Crippen LogP) is 0.0866. The maximum atomic E-state index is 11.7. The van der Waals surface area contributed by atoms with E-state index in [0.29, 0.717) is 12.8 Å². The summed E-state index contributed by atoms with van der Waals surface area (Å²) in [4.78, 5) is 33.9. The molecule has 0 radical (unpaired) electrons. The van der Waals surface area contributed by atoms with Crippen LogP contribution >= 0.6 is 0 Å². The maximum Gasteiger partial charge on any atom is 0.326 e. The molecule has 18 heavy (non-hydrogen) atoms. The van der Waals surface area contributed by atoms with Crippen molar-refractivity contribution in [2.45, 2.75) is 32.2 Å². The molecule has 0 aromatic carbocycles. The summed E-state index contributed by atoms with van der Waals surface area (Å²) in [5, 5.41) is 13.9. The van der Waals surface area contributed by atoms with Crippen LogP contribution in [-0.2, 0) is 11.8 Å². The average molecular weight is 255 g/mol. The first-order chi connectivity index (χ1) is 8.45. The number of rotatable bonds is 6. The molecule has 0 spiro atoms. The van der Waals surface area contributed by atoms with E-state index < -0.39 is 17.9 Å². The van der Waals surface area contributed by atoms with Crippen molar-refractivity contribution >= 4 is 11.9 Å². The molecule has 100 valence electrons. The van der Waals surface area contributed by atoms with Crippen molar-refractivity contribution in [1.82, 2.24) is 15.1 Å². The van der Waals surface area contributed by atoms with Gasteiger partial charge < -0.3 is 10.4 Å². The van der Waals surface area contributed by atoms with Crippen molar-refractivity contribution < 1.29 is 14.7 Å². The van der Waals surface area contributed by atoms with Crippen LogP contribution in [0.5, 0.6) is 0 Å². The summed E-state index contributed by atoms with van der Waals surface area (Å²) < 4.78 is 1.15. The SMILES string of the molecule is CCCC[C@@H](NC(=O)c1cc(=O)n(C)[nH]1)C(=O)O. The normalized spacial score (nSPS) is 12.1. The zero-order chi connectivity index (χ0) is 13.7. The maximum absolute atomic E-state index is 11.7. The monoisotopic (exact) mass is 255 g/mol. The molecule has 0 unspecified atom stereocenters. The number of carbonyl (C=O) groups excluding carboxylic acids is 1. The third-order valence-corrected chi connectivity index (χ3v) is 2.58. The van der Waals surface area contributed by atoms with Crippen LogP contribution in [0.25, 0.3) is 0 Å². The van der Waals surface area contributed by atoms with Gasteiger partial charge in [-0.15, -0.1) is 0 Å². The molecule has 0 aliphatic heterocycles. The van der Waals surface area contributed by atoms with E-state index in [9.17, 15) is 14.4 Å². The molecule has 0 aliphatic rings. The van der Waals surface area contributed by atoms with Crippen LogP contribution in [-0.4, -0.2) is 32.8 Å². The number of H-pyrrole nitrogens is 1. The van der Waals surface area contributed by atoms with Gasteiger partial charge in [0.25, 0.3) is 11.5 Å². The van der Waals surface area contributed by atoms with Crippen LogP contribution in [0.1, 0.15) is 36.7 Å². The van der Waals surface area contributed by atoms with E-state index in [0.717, 1.165) is 17.2 Å². The van der Waals surface area contributed by atoms with Crippen LogP contribution in [0.3, 0.4) is 0 Å². The number of aliphatic carboxylic acids is 1. The Hall–Kier alpha value is -2.05. The van der Waals surface area contributed by atoms with Crippen molar-refractivity contribution in [3.8, 4) is 0 Å². The molecular formula is C11H17N3O4. The van der Waals surface area contributed by atoms with Gasteiger partial charge in [-0.3, -0.25) is 19.4 Å². The van der Waals surface area contributed by atoms with Gasteiger partial charge in [-0.1, -0.05) is 19.8 Å². The van der Waals surface area contributed by atoms with Crippen molar-refractivity contribution in [1.29, 1.82) is 0 Å². The third kappa shape index (κ3) is 3.47. The van der Waals surface area contributed by atoms with Gasteiger partial charge in [0.1, 0.15) is 11.7 Å². The van der Waals surface area contributed by atoms with E-state index >= 15 is 0 Å². The topological polar surface area (TPSA) is 104 Å². The summed E-state index contributed by atoms with van der Waals surface area (Å²) in [5.74, 6) is -1.66. The van der Waals surface area contributed by atoms with Gasteiger partial charge in [0.2, 0.25) is 0 Å². The number of hydrogen-bond donors (Lipinski definition) is 3. The molecule has 0 saturated carbocycles. The summed E-state index contributed by atoms with van der Waals surface area (Å²) in [6.45, 7) is 1.94. The van der Waals surface area contributed by atoms with Crippen LogP contribution < -0.4 is 10.9 Å². The number of hydrogen-bond acceptors (Lipinski definition) is 3. The minimum Gasteiger partial charge on any atom is -0.480 e. The summed E-state index contributed by atoms with van der Waals surface area (Å²) in [6, 6.07) is 0.204. The molecule has 0 saturated heterocycles. The first-order valence-corrected chi connectivity index (χ1v) is 5.75. The second kappa shape index (κ2) is 6.04. The van der Waals surface area contributed by atoms with Gasteiger partial charge in [-0.2, -0.15) is 0 Å². The van der Waals surface area contributed by atoms with Crippen LogP contribution in [0.2, 0.25) is 0 Å². The highest BCUT2D eigenvalue weighted by Gasteiger charge is 2.21. The molecule has 3 N–H and O–H groups in total. The Morgan fingerprint density at radius 1 is 1.56 bits per heavy atom. The quantitative estimate of drug-likeness (QED) is 0.669. The number of carbonyl (C=O) groups is 2. The molecule has 0 aliphatic carbocycles. The smallest absolute Gasteiger partial charge is 0.326 e. The van der Waals surface area contributed by atoms with Crippen molar-refractivity contribution in [3.63, 3.8) is 0 Å². The molecule has 1 rings (SSSR count). The molecule has 1 amide bonds. The Labute approximate surface area is 104 Å². The van der Waals surface area contributed by atoms with Crippen molar-refractivity contribution in [2.75, 3.05) is 0 Å². The number of unbranched alkanes of at least 4 members (excludes halogenated alkanes) is 1. The summed E-state index contributed by atoms with van der Waals surface area (Å²) in [5.41, 5.74) is -0.286. The van der Waals surface area contributed by atoms with Gasteiger partial charge in [0, 0.05) is 13.1 Å². The lowest BCUT2D eigenvalue weighted by molar-refractivity contribution is -0.139. The van der Waals surface area contributed by atoms with E-state index in [4.69, 9.17) is 5.11 Å². The molecule has 0 bridgehead atoms. The molecule has 1 heterocycles. The minimum atomic E-state index is -1.07. The number of nitrogens with one attached hydrogen (secondary N) is 2. The standard InChI is InChI=1S/C11H17N3O4/c1-3-4-5-7(11(17)18)12-10(16)8-6-9(15)14(2)13-8/h6-7,13H,3-5H2,1-2H3,(H,12,16)(H,17,18)/t7-/m1/s1. The second-order valence-corrected chi connectivity index (χ2v) is 4.07. The fourth-order valence-electron chi connectivity index (χ4n) is 1.51. The van der Waals surface area contributed by atoms with Gasteiger partial charge in [0.05, 0.1) is 0 Å². The molecule has 1 aromatic heterocycles. The van der Waals surface area contributed by atoms with Crippen LogP contribution in [0.15, 0.2) is 10.9 Å². The van der Waals surface area contributed by atoms with Gasteiger partial charge in [-0.25, -0.2) is 4.79 Å². The van der Waals surface area contributed by atoms with Gasteiger partial charge >= 0.3 is 5.97 Å². The van der Waals surface area contributed by atoms with Crippen LogP contribution in [0.4, 0.5) is 0 Å². The Kier molecular flexibility index (Phi) is 4.70. The number of amides is 1. The minimum absolute atomic E-state index is 0.0604. The van der Waals surface area contributed by atoms with Gasteiger partial charge in [-0.05, 0) is 6.42 Å². The van der Waals surface area contributed by atoms with Gasteiger partial charge in [0.15, 0.2) is 0 Å². The molecular weight excluding hydrogens is 238 g/mol. The van der Waals surface area contributed by atoms with E-state index in [1.54, 1.807) is 0 Å². The lowest BCUT2D eigenvalue weighted by atomic mass is 10.1. The highest BCUT2D eigenvalue weighted by Crippen LogP contribution is 2.02. The number of aromatic amines is 1. The number of aryl methyl sites for hydroxylation is 1. The predicted molar refractivity (Wildman–Crippen MR) is 64.4 cm³/mol. The summed E-state index contributed by atoms with van der Waals surface area (Å²) in [6.07, 6.45) is 1.93. The van der Waals surface area contributed by atoms with E-state index in [2.05, 4.69) is 10.4 Å². The summed E-state index contributed by atoms with van der Waals surface area (Å²) in [7, 11) is 1.48. The zero-order valence-electron chi connectivity index (χ0n) is 10.4.